The molecule has 1 aliphatic carbocycles. The van der Waals surface area contributed by atoms with Crippen LogP contribution in [0.4, 0.5) is 0 Å². The number of hydrogen-bond donors (Lipinski definition) is 2. The number of allylic oxidation sites excluding steroid dienone is 2. The minimum atomic E-state index is -1.10. The van der Waals surface area contributed by atoms with E-state index in [0.717, 1.165) is 24.8 Å². The molecule has 0 heterocycles. The van der Waals surface area contributed by atoms with Crippen LogP contribution in [0.1, 0.15) is 60.3 Å². The molecule has 2 N–H and O–H groups in total. The van der Waals surface area contributed by atoms with E-state index in [9.17, 15) is 19.8 Å². The summed E-state index contributed by atoms with van der Waals surface area (Å²) in [6.45, 7) is 10.4. The maximum atomic E-state index is 11.9. The maximum Gasteiger partial charge on any atom is 0.332 e. The highest BCUT2D eigenvalue weighted by atomic mass is 16.4. The lowest BCUT2D eigenvalue weighted by molar-refractivity contribution is -0.142. The van der Waals surface area contributed by atoms with Gasteiger partial charge in [-0.1, -0.05) is 53.2 Å². The zero-order valence-electron chi connectivity index (χ0n) is 14.9. The molecule has 0 aromatic carbocycles. The summed E-state index contributed by atoms with van der Waals surface area (Å²) < 4.78 is 0. The molecule has 2 atom stereocenters. The van der Waals surface area contributed by atoms with Gasteiger partial charge in [0.15, 0.2) is 0 Å². The normalized spacial score (nSPS) is 24.6. The van der Waals surface area contributed by atoms with E-state index >= 15 is 0 Å². The van der Waals surface area contributed by atoms with Crippen LogP contribution in [0.2, 0.25) is 0 Å². The van der Waals surface area contributed by atoms with Crippen molar-refractivity contribution in [3.8, 4) is 0 Å². The molecule has 0 saturated carbocycles. The Balaban J connectivity index is 3.57. The number of hydrogen-bond acceptors (Lipinski definition) is 2. The maximum absolute atomic E-state index is 11.9. The quantitative estimate of drug-likeness (QED) is 0.644. The van der Waals surface area contributed by atoms with E-state index < -0.39 is 17.9 Å². The highest BCUT2D eigenvalue weighted by molar-refractivity contribution is 5.96. The molecule has 0 spiro atoms. The van der Waals surface area contributed by atoms with Crippen LogP contribution in [-0.2, 0) is 9.59 Å². The fourth-order valence-electron chi connectivity index (χ4n) is 3.82. The van der Waals surface area contributed by atoms with Crippen LogP contribution in [0.5, 0.6) is 0 Å². The summed E-state index contributed by atoms with van der Waals surface area (Å²) in [4.78, 5) is 23.4. The van der Waals surface area contributed by atoms with Gasteiger partial charge in [-0.15, -0.1) is 0 Å². The Morgan fingerprint density at radius 1 is 1.17 bits per heavy atom. The average Bonchev–Trinajstić information content (AvgIpc) is 2.39. The third-order valence-corrected chi connectivity index (χ3v) is 4.42. The van der Waals surface area contributed by atoms with Gasteiger partial charge in [-0.05, 0) is 36.7 Å². The standard InChI is InChI=1S/C19H30O4/c1-6-8-19(11-13(4)5)9-7-14(17(20)21)16(18(22)23)15(19)10-12(2)3/h7,9,12-14H,6,8,10-11H2,1-5H3,(H,20,21)(H,22,23). The summed E-state index contributed by atoms with van der Waals surface area (Å²) in [5.74, 6) is -2.54. The summed E-state index contributed by atoms with van der Waals surface area (Å²) in [7, 11) is 0. The van der Waals surface area contributed by atoms with Gasteiger partial charge in [-0.25, -0.2) is 4.79 Å². The van der Waals surface area contributed by atoms with Crippen molar-refractivity contribution < 1.29 is 19.8 Å². The van der Waals surface area contributed by atoms with Gasteiger partial charge < -0.3 is 10.2 Å². The van der Waals surface area contributed by atoms with E-state index in [1.165, 1.54) is 0 Å². The van der Waals surface area contributed by atoms with E-state index in [0.29, 0.717) is 12.3 Å². The third-order valence-electron chi connectivity index (χ3n) is 4.42. The van der Waals surface area contributed by atoms with Gasteiger partial charge in [0, 0.05) is 5.41 Å². The fraction of sp³-hybridized carbons (Fsp3) is 0.684. The van der Waals surface area contributed by atoms with Gasteiger partial charge in [0.05, 0.1) is 5.57 Å². The van der Waals surface area contributed by atoms with Crippen molar-refractivity contribution in [3.05, 3.63) is 23.3 Å². The molecule has 0 saturated heterocycles. The van der Waals surface area contributed by atoms with E-state index in [1.54, 1.807) is 6.08 Å². The van der Waals surface area contributed by atoms with Crippen LogP contribution < -0.4 is 0 Å². The summed E-state index contributed by atoms with van der Waals surface area (Å²) in [6, 6.07) is 0. The molecule has 2 unspecified atom stereocenters. The lowest BCUT2D eigenvalue weighted by atomic mass is 9.63. The van der Waals surface area contributed by atoms with Gasteiger partial charge in [0.25, 0.3) is 0 Å². The van der Waals surface area contributed by atoms with Crippen molar-refractivity contribution in [2.24, 2.45) is 23.2 Å². The molecule has 0 aromatic rings. The Morgan fingerprint density at radius 3 is 2.17 bits per heavy atom. The van der Waals surface area contributed by atoms with Gasteiger partial charge in [0.1, 0.15) is 5.92 Å². The number of carboxylic acid groups (broad SMARTS) is 2. The van der Waals surface area contributed by atoms with Crippen molar-refractivity contribution in [1.29, 1.82) is 0 Å². The largest absolute Gasteiger partial charge is 0.481 e. The fourth-order valence-corrected chi connectivity index (χ4v) is 3.82. The van der Waals surface area contributed by atoms with Crippen LogP contribution in [-0.4, -0.2) is 22.2 Å². The zero-order chi connectivity index (χ0) is 17.8. The molecule has 4 heteroatoms. The van der Waals surface area contributed by atoms with Crippen molar-refractivity contribution in [1.82, 2.24) is 0 Å². The van der Waals surface area contributed by atoms with E-state index in [-0.39, 0.29) is 16.9 Å². The van der Waals surface area contributed by atoms with Gasteiger partial charge >= 0.3 is 11.9 Å². The Labute approximate surface area is 139 Å². The minimum absolute atomic E-state index is 0.0859. The first-order chi connectivity index (χ1) is 10.6. The van der Waals surface area contributed by atoms with Crippen LogP contribution in [0, 0.1) is 23.2 Å². The van der Waals surface area contributed by atoms with Crippen molar-refractivity contribution >= 4 is 11.9 Å². The Hall–Kier alpha value is -1.58. The molecule has 1 rings (SSSR count). The molecule has 0 bridgehead atoms. The second-order valence-electron chi connectivity index (χ2n) is 7.47. The highest BCUT2D eigenvalue weighted by Crippen LogP contribution is 2.49. The molecule has 0 aliphatic heterocycles. The lowest BCUT2D eigenvalue weighted by Gasteiger charge is -2.40. The van der Waals surface area contributed by atoms with Crippen molar-refractivity contribution in [2.45, 2.75) is 60.3 Å². The first kappa shape index (κ1) is 19.5. The topological polar surface area (TPSA) is 74.6 Å². The number of carboxylic acids is 2. The predicted octanol–water partition coefficient (Wildman–Crippen LogP) is 4.52. The molecule has 0 fully saturated rings. The van der Waals surface area contributed by atoms with Crippen LogP contribution in [0.3, 0.4) is 0 Å². The molecule has 0 radical (unpaired) electrons. The van der Waals surface area contributed by atoms with Gasteiger partial charge in [-0.3, -0.25) is 4.79 Å². The summed E-state index contributed by atoms with van der Waals surface area (Å²) in [6.07, 6.45) is 6.84. The van der Waals surface area contributed by atoms with Crippen molar-refractivity contribution in [3.63, 3.8) is 0 Å². The number of aliphatic carboxylic acids is 2. The molecule has 0 aromatic heterocycles. The monoisotopic (exact) mass is 322 g/mol. The van der Waals surface area contributed by atoms with Crippen LogP contribution in [0.25, 0.3) is 0 Å². The third kappa shape index (κ3) is 4.46. The Morgan fingerprint density at radius 2 is 1.78 bits per heavy atom. The van der Waals surface area contributed by atoms with Crippen molar-refractivity contribution in [2.75, 3.05) is 0 Å². The van der Waals surface area contributed by atoms with Crippen LogP contribution in [0.15, 0.2) is 23.3 Å². The molecule has 4 nitrogen and oxygen atoms in total. The first-order valence-corrected chi connectivity index (χ1v) is 8.53. The van der Waals surface area contributed by atoms with E-state index in [2.05, 4.69) is 20.8 Å². The Bertz CT molecular complexity index is 513. The van der Waals surface area contributed by atoms with Gasteiger partial charge in [0.2, 0.25) is 0 Å². The zero-order valence-corrected chi connectivity index (χ0v) is 14.9. The predicted molar refractivity (Wildman–Crippen MR) is 91.2 cm³/mol. The molecule has 130 valence electrons. The van der Waals surface area contributed by atoms with Gasteiger partial charge in [-0.2, -0.15) is 0 Å². The first-order valence-electron chi connectivity index (χ1n) is 8.53. The van der Waals surface area contributed by atoms with E-state index in [1.807, 2.05) is 19.9 Å². The lowest BCUT2D eigenvalue weighted by Crippen LogP contribution is -2.34. The Kier molecular flexibility index (Phi) is 6.60. The van der Waals surface area contributed by atoms with Crippen LogP contribution >= 0.6 is 0 Å². The summed E-state index contributed by atoms with van der Waals surface area (Å²) >= 11 is 0. The second kappa shape index (κ2) is 7.80. The summed E-state index contributed by atoms with van der Waals surface area (Å²) in [5.41, 5.74) is 0.584. The smallest absolute Gasteiger partial charge is 0.332 e. The summed E-state index contributed by atoms with van der Waals surface area (Å²) in [5, 5.41) is 19.2. The van der Waals surface area contributed by atoms with E-state index in [4.69, 9.17) is 0 Å². The molecule has 23 heavy (non-hydrogen) atoms. The minimum Gasteiger partial charge on any atom is -0.481 e. The number of rotatable bonds is 8. The molecular formula is C19H30O4. The number of carbonyl (C=O) groups is 2. The SMILES string of the molecule is CCCC1(CC(C)C)C=CC(C(=O)O)C(C(=O)O)=C1CC(C)C. The average molecular weight is 322 g/mol. The second-order valence-corrected chi connectivity index (χ2v) is 7.47. The molecule has 0 amide bonds. The molecular weight excluding hydrogens is 292 g/mol. The highest BCUT2D eigenvalue weighted by Gasteiger charge is 2.42. The molecule has 1 aliphatic rings.